The lowest BCUT2D eigenvalue weighted by atomic mass is 10.1. The minimum atomic E-state index is -3.76. The van der Waals surface area contributed by atoms with Gasteiger partial charge in [-0.25, -0.2) is 13.6 Å². The molecular formula is C20H21N3O4S. The summed E-state index contributed by atoms with van der Waals surface area (Å²) in [5.41, 5.74) is 2.51. The van der Waals surface area contributed by atoms with Gasteiger partial charge in [-0.1, -0.05) is 6.07 Å². The Morgan fingerprint density at radius 2 is 1.86 bits per heavy atom. The Morgan fingerprint density at radius 1 is 1.07 bits per heavy atom. The van der Waals surface area contributed by atoms with Crippen molar-refractivity contribution in [3.05, 3.63) is 72.7 Å². The largest absolute Gasteiger partial charge is 0.491 e. The lowest BCUT2D eigenvalue weighted by Crippen LogP contribution is -2.18. The molecule has 3 rings (SSSR count). The maximum atomic E-state index is 11.3. The predicted octanol–water partition coefficient (Wildman–Crippen LogP) is 2.16. The Balaban J connectivity index is 1.53. The summed E-state index contributed by atoms with van der Waals surface area (Å²) in [6.45, 7) is 0.195. The Kier molecular flexibility index (Phi) is 6.35. The van der Waals surface area contributed by atoms with E-state index in [9.17, 15) is 13.5 Å². The molecule has 146 valence electrons. The van der Waals surface area contributed by atoms with Gasteiger partial charge >= 0.3 is 0 Å². The number of benzene rings is 1. The molecule has 0 aliphatic heterocycles. The van der Waals surface area contributed by atoms with E-state index < -0.39 is 16.1 Å². The average Bonchev–Trinajstić information content (AvgIpc) is 2.71. The Hall–Kier alpha value is -2.81. The van der Waals surface area contributed by atoms with Gasteiger partial charge in [-0.05, 0) is 60.9 Å². The zero-order valence-corrected chi connectivity index (χ0v) is 15.9. The fourth-order valence-electron chi connectivity index (χ4n) is 2.60. The molecule has 3 N–H and O–H groups in total. The van der Waals surface area contributed by atoms with Crippen LogP contribution in [-0.4, -0.2) is 36.2 Å². The van der Waals surface area contributed by atoms with E-state index in [1.807, 2.05) is 24.3 Å². The first-order valence-electron chi connectivity index (χ1n) is 8.71. The molecule has 2 aromatic heterocycles. The molecule has 1 aromatic carbocycles. The molecule has 0 bridgehead atoms. The number of aliphatic hydroxyl groups is 1. The summed E-state index contributed by atoms with van der Waals surface area (Å²) in [5, 5.41) is 15.2. The number of hydrogen-bond donors (Lipinski definition) is 2. The van der Waals surface area contributed by atoms with Crippen LogP contribution in [0.15, 0.2) is 72.0 Å². The number of primary sulfonamides is 1. The average molecular weight is 399 g/mol. The molecule has 3 aromatic rings. The summed E-state index contributed by atoms with van der Waals surface area (Å²) >= 11 is 0. The molecule has 7 nitrogen and oxygen atoms in total. The van der Waals surface area contributed by atoms with E-state index >= 15 is 0 Å². The van der Waals surface area contributed by atoms with Crippen molar-refractivity contribution in [3.8, 4) is 17.0 Å². The first-order valence-corrected chi connectivity index (χ1v) is 10.3. The number of ether oxygens (including phenoxy) is 1. The summed E-state index contributed by atoms with van der Waals surface area (Å²) in [4.78, 5) is 8.15. The van der Waals surface area contributed by atoms with Gasteiger partial charge in [-0.3, -0.25) is 9.97 Å². The quantitative estimate of drug-likeness (QED) is 0.600. The van der Waals surface area contributed by atoms with Gasteiger partial charge in [0.15, 0.2) is 0 Å². The van der Waals surface area contributed by atoms with Crippen LogP contribution in [0.25, 0.3) is 11.3 Å². The zero-order valence-electron chi connectivity index (χ0n) is 15.1. The highest BCUT2D eigenvalue weighted by Gasteiger charge is 2.09. The molecule has 0 amide bonds. The van der Waals surface area contributed by atoms with Gasteiger partial charge in [0, 0.05) is 24.2 Å². The van der Waals surface area contributed by atoms with Crippen molar-refractivity contribution in [3.63, 3.8) is 0 Å². The van der Waals surface area contributed by atoms with Crippen molar-refractivity contribution in [1.29, 1.82) is 0 Å². The Labute approximate surface area is 163 Å². The van der Waals surface area contributed by atoms with Crippen LogP contribution >= 0.6 is 0 Å². The SMILES string of the molecule is NS(=O)(=O)c1ccc(-c2ccc(OCC(O)CCc3cccnc3)cc2)nc1. The van der Waals surface area contributed by atoms with Crippen LogP contribution < -0.4 is 9.88 Å². The van der Waals surface area contributed by atoms with Crippen LogP contribution in [0, 0.1) is 0 Å². The lowest BCUT2D eigenvalue weighted by Gasteiger charge is -2.12. The maximum Gasteiger partial charge on any atom is 0.239 e. The van der Waals surface area contributed by atoms with Crippen molar-refractivity contribution in [2.24, 2.45) is 5.14 Å². The van der Waals surface area contributed by atoms with E-state index in [0.717, 1.165) is 17.5 Å². The Morgan fingerprint density at radius 3 is 2.46 bits per heavy atom. The number of sulfonamides is 1. The van der Waals surface area contributed by atoms with Crippen LogP contribution in [0.3, 0.4) is 0 Å². The third-order valence-electron chi connectivity index (χ3n) is 4.15. The molecule has 1 atom stereocenters. The molecule has 0 aliphatic carbocycles. The van der Waals surface area contributed by atoms with Crippen LogP contribution in [0.1, 0.15) is 12.0 Å². The van der Waals surface area contributed by atoms with Gasteiger partial charge in [-0.15, -0.1) is 0 Å². The molecular weight excluding hydrogens is 378 g/mol. The number of pyridine rings is 2. The second-order valence-electron chi connectivity index (χ2n) is 6.31. The molecule has 28 heavy (non-hydrogen) atoms. The molecule has 1 unspecified atom stereocenters. The summed E-state index contributed by atoms with van der Waals surface area (Å²) < 4.78 is 28.2. The normalized spacial score (nSPS) is 12.5. The van der Waals surface area contributed by atoms with Crippen LogP contribution in [-0.2, 0) is 16.4 Å². The topological polar surface area (TPSA) is 115 Å². The molecule has 8 heteroatoms. The van der Waals surface area contributed by atoms with Gasteiger partial charge in [-0.2, -0.15) is 0 Å². The summed E-state index contributed by atoms with van der Waals surface area (Å²) in [5.74, 6) is 0.630. The molecule has 0 fully saturated rings. The van der Waals surface area contributed by atoms with E-state index in [0.29, 0.717) is 17.9 Å². The molecule has 0 radical (unpaired) electrons. The van der Waals surface area contributed by atoms with Crippen LogP contribution in [0.5, 0.6) is 5.75 Å². The number of aliphatic hydroxyl groups excluding tert-OH is 1. The second-order valence-corrected chi connectivity index (χ2v) is 7.87. The number of rotatable bonds is 8. The Bertz CT molecular complexity index is 992. The van der Waals surface area contributed by atoms with E-state index in [1.165, 1.54) is 12.3 Å². The van der Waals surface area contributed by atoms with Crippen molar-refractivity contribution in [2.45, 2.75) is 23.8 Å². The number of aromatic nitrogens is 2. The molecule has 0 saturated heterocycles. The molecule has 2 heterocycles. The molecule has 0 spiro atoms. The summed E-state index contributed by atoms with van der Waals surface area (Å²) in [6, 6.07) is 14.0. The standard InChI is InChI=1S/C20H21N3O4S/c21-28(25,26)19-9-10-20(23-13-19)16-4-7-18(8-5-16)27-14-17(24)6-3-15-2-1-11-22-12-15/h1-2,4-5,7-13,17,24H,3,6,14H2,(H2,21,25,26). The highest BCUT2D eigenvalue weighted by Crippen LogP contribution is 2.21. The van der Waals surface area contributed by atoms with Crippen molar-refractivity contribution in [2.75, 3.05) is 6.61 Å². The summed E-state index contributed by atoms with van der Waals surface area (Å²) in [7, 11) is -3.76. The molecule has 0 aliphatic rings. The maximum absolute atomic E-state index is 11.3. The third kappa shape index (κ3) is 5.59. The van der Waals surface area contributed by atoms with Crippen molar-refractivity contribution >= 4 is 10.0 Å². The van der Waals surface area contributed by atoms with Crippen LogP contribution in [0.2, 0.25) is 0 Å². The van der Waals surface area contributed by atoms with Gasteiger partial charge < -0.3 is 9.84 Å². The highest BCUT2D eigenvalue weighted by atomic mass is 32.2. The van der Waals surface area contributed by atoms with Gasteiger partial charge in [0.1, 0.15) is 17.3 Å². The fourth-order valence-corrected chi connectivity index (χ4v) is 3.05. The lowest BCUT2D eigenvalue weighted by molar-refractivity contribution is 0.100. The fraction of sp³-hybridized carbons (Fsp3) is 0.200. The molecule has 0 saturated carbocycles. The number of nitrogens with zero attached hydrogens (tertiary/aromatic N) is 2. The van der Waals surface area contributed by atoms with Crippen molar-refractivity contribution < 1.29 is 18.3 Å². The number of aryl methyl sites for hydroxylation is 1. The van der Waals surface area contributed by atoms with E-state index in [-0.39, 0.29) is 11.5 Å². The zero-order chi connectivity index (χ0) is 20.0. The van der Waals surface area contributed by atoms with E-state index in [2.05, 4.69) is 9.97 Å². The van der Waals surface area contributed by atoms with Crippen LogP contribution in [0.4, 0.5) is 0 Å². The van der Waals surface area contributed by atoms with E-state index in [4.69, 9.17) is 9.88 Å². The van der Waals surface area contributed by atoms with Gasteiger partial charge in [0.05, 0.1) is 11.8 Å². The highest BCUT2D eigenvalue weighted by molar-refractivity contribution is 7.89. The number of nitrogens with two attached hydrogens (primary N) is 1. The second kappa shape index (κ2) is 8.92. The third-order valence-corrected chi connectivity index (χ3v) is 5.04. The minimum Gasteiger partial charge on any atom is -0.491 e. The predicted molar refractivity (Wildman–Crippen MR) is 105 cm³/mol. The van der Waals surface area contributed by atoms with Gasteiger partial charge in [0.2, 0.25) is 10.0 Å². The first-order chi connectivity index (χ1) is 13.4. The van der Waals surface area contributed by atoms with Crippen molar-refractivity contribution in [1.82, 2.24) is 9.97 Å². The minimum absolute atomic E-state index is 0.0310. The smallest absolute Gasteiger partial charge is 0.239 e. The van der Waals surface area contributed by atoms with E-state index in [1.54, 1.807) is 30.6 Å². The summed E-state index contributed by atoms with van der Waals surface area (Å²) in [6.07, 6.45) is 5.48. The first kappa shape index (κ1) is 19.9. The monoisotopic (exact) mass is 399 g/mol. The van der Waals surface area contributed by atoms with Gasteiger partial charge in [0.25, 0.3) is 0 Å². The number of hydrogen-bond acceptors (Lipinski definition) is 6.